The SMILES string of the molecule is COc1ccnc(C(=O)N[C@H]2COC[C@H](OC3CCCCC3)[C@@H](OCC(C)C)[C@H](C)OC2=O)c1O. The minimum Gasteiger partial charge on any atom is -0.503 e. The number of rotatable bonds is 8. The molecule has 4 atom stereocenters. The van der Waals surface area contributed by atoms with Crippen molar-refractivity contribution in [2.45, 2.75) is 83.3 Å². The molecule has 10 heteroatoms. The van der Waals surface area contributed by atoms with Gasteiger partial charge in [0.2, 0.25) is 0 Å². The fourth-order valence-electron chi connectivity index (χ4n) is 4.31. The maximum absolute atomic E-state index is 13.0. The van der Waals surface area contributed by atoms with Gasteiger partial charge in [-0.25, -0.2) is 9.78 Å². The Morgan fingerprint density at radius 1 is 1.26 bits per heavy atom. The summed E-state index contributed by atoms with van der Waals surface area (Å²) in [7, 11) is 1.37. The van der Waals surface area contributed by atoms with Gasteiger partial charge in [0.15, 0.2) is 23.2 Å². The first kappa shape index (κ1) is 27.2. The van der Waals surface area contributed by atoms with E-state index in [4.69, 9.17) is 23.7 Å². The van der Waals surface area contributed by atoms with Crippen LogP contribution in [0.3, 0.4) is 0 Å². The van der Waals surface area contributed by atoms with E-state index in [0.717, 1.165) is 25.7 Å². The summed E-state index contributed by atoms with van der Waals surface area (Å²) in [6, 6.07) is 0.325. The molecule has 10 nitrogen and oxygen atoms in total. The first-order valence-electron chi connectivity index (χ1n) is 12.4. The Morgan fingerprint density at radius 3 is 2.69 bits per heavy atom. The molecule has 2 heterocycles. The van der Waals surface area contributed by atoms with Gasteiger partial charge < -0.3 is 34.1 Å². The smallest absolute Gasteiger partial charge is 0.331 e. The number of carbonyl (C=O) groups is 2. The highest BCUT2D eigenvalue weighted by Crippen LogP contribution is 2.28. The molecule has 1 aliphatic carbocycles. The zero-order chi connectivity index (χ0) is 25.4. The van der Waals surface area contributed by atoms with Gasteiger partial charge in [-0.15, -0.1) is 0 Å². The van der Waals surface area contributed by atoms with Gasteiger partial charge in [-0.05, 0) is 25.7 Å². The highest BCUT2D eigenvalue weighted by atomic mass is 16.6. The number of ether oxygens (including phenoxy) is 5. The highest BCUT2D eigenvalue weighted by molar-refractivity contribution is 5.98. The average molecular weight is 495 g/mol. The van der Waals surface area contributed by atoms with Crippen LogP contribution in [-0.2, 0) is 23.7 Å². The Hall–Kier alpha value is -2.43. The van der Waals surface area contributed by atoms with Crippen molar-refractivity contribution in [3.8, 4) is 11.5 Å². The third-order valence-electron chi connectivity index (χ3n) is 6.15. The number of aromatic hydroxyl groups is 1. The summed E-state index contributed by atoms with van der Waals surface area (Å²) < 4.78 is 29.2. The molecule has 196 valence electrons. The molecule has 0 radical (unpaired) electrons. The lowest BCUT2D eigenvalue weighted by Gasteiger charge is -2.34. The minimum atomic E-state index is -1.10. The van der Waals surface area contributed by atoms with Crippen molar-refractivity contribution in [3.63, 3.8) is 0 Å². The van der Waals surface area contributed by atoms with Gasteiger partial charge in [0.25, 0.3) is 5.91 Å². The van der Waals surface area contributed by atoms with Crippen LogP contribution in [0.15, 0.2) is 12.3 Å². The van der Waals surface area contributed by atoms with Crippen LogP contribution in [0.1, 0.15) is 63.4 Å². The van der Waals surface area contributed by atoms with E-state index in [1.807, 2.05) is 13.8 Å². The van der Waals surface area contributed by atoms with E-state index in [0.29, 0.717) is 6.61 Å². The molecule has 1 aliphatic heterocycles. The largest absolute Gasteiger partial charge is 0.503 e. The molecule has 1 aromatic heterocycles. The first-order chi connectivity index (χ1) is 16.8. The molecule has 0 aromatic carbocycles. The van der Waals surface area contributed by atoms with E-state index in [1.165, 1.54) is 25.8 Å². The van der Waals surface area contributed by atoms with Gasteiger partial charge in [0.05, 0.1) is 26.4 Å². The molecule has 3 rings (SSSR count). The van der Waals surface area contributed by atoms with E-state index in [2.05, 4.69) is 10.3 Å². The number of methoxy groups -OCH3 is 1. The van der Waals surface area contributed by atoms with Gasteiger partial charge in [0, 0.05) is 18.9 Å². The van der Waals surface area contributed by atoms with Crippen LogP contribution in [-0.4, -0.2) is 79.4 Å². The van der Waals surface area contributed by atoms with Crippen LogP contribution in [0.5, 0.6) is 11.5 Å². The number of esters is 1. The predicted octanol–water partition coefficient (Wildman–Crippen LogP) is 2.62. The van der Waals surface area contributed by atoms with Crippen LogP contribution in [0, 0.1) is 5.92 Å². The van der Waals surface area contributed by atoms with Crippen LogP contribution in [0.2, 0.25) is 0 Å². The lowest BCUT2D eigenvalue weighted by atomic mass is 9.97. The average Bonchev–Trinajstić information content (AvgIpc) is 2.87. The number of nitrogens with one attached hydrogen (secondary N) is 1. The summed E-state index contributed by atoms with van der Waals surface area (Å²) in [6.45, 7) is 6.41. The summed E-state index contributed by atoms with van der Waals surface area (Å²) >= 11 is 0. The van der Waals surface area contributed by atoms with Crippen LogP contribution in [0.25, 0.3) is 0 Å². The van der Waals surface area contributed by atoms with E-state index in [-0.39, 0.29) is 36.7 Å². The molecule has 1 saturated heterocycles. The van der Waals surface area contributed by atoms with E-state index >= 15 is 0 Å². The van der Waals surface area contributed by atoms with Gasteiger partial charge >= 0.3 is 5.97 Å². The third-order valence-corrected chi connectivity index (χ3v) is 6.15. The predicted molar refractivity (Wildman–Crippen MR) is 126 cm³/mol. The van der Waals surface area contributed by atoms with Crippen molar-refractivity contribution in [2.75, 3.05) is 26.9 Å². The Balaban J connectivity index is 1.73. The molecule has 2 fully saturated rings. The topological polar surface area (TPSA) is 125 Å². The van der Waals surface area contributed by atoms with Gasteiger partial charge in [-0.3, -0.25) is 4.79 Å². The number of nitrogens with zero attached hydrogens (tertiary/aromatic N) is 1. The number of carbonyl (C=O) groups excluding carboxylic acids is 2. The fraction of sp³-hybridized carbons (Fsp3) is 0.720. The van der Waals surface area contributed by atoms with Crippen molar-refractivity contribution < 1.29 is 38.4 Å². The first-order valence-corrected chi connectivity index (χ1v) is 12.4. The normalized spacial score (nSPS) is 26.4. The van der Waals surface area contributed by atoms with Crippen molar-refractivity contribution in [3.05, 3.63) is 18.0 Å². The summed E-state index contributed by atoms with van der Waals surface area (Å²) in [5, 5.41) is 12.8. The Kier molecular flexibility index (Phi) is 10.1. The van der Waals surface area contributed by atoms with Gasteiger partial charge in [-0.1, -0.05) is 33.1 Å². The second-order valence-corrected chi connectivity index (χ2v) is 9.54. The van der Waals surface area contributed by atoms with E-state index in [9.17, 15) is 14.7 Å². The van der Waals surface area contributed by atoms with Crippen LogP contribution >= 0.6 is 0 Å². The lowest BCUT2D eigenvalue weighted by Crippen LogP contribution is -2.47. The second kappa shape index (κ2) is 13.0. The van der Waals surface area contributed by atoms with E-state index < -0.39 is 42.0 Å². The molecule has 35 heavy (non-hydrogen) atoms. The number of cyclic esters (lactones) is 1. The summed E-state index contributed by atoms with van der Waals surface area (Å²) in [5.41, 5.74) is -0.262. The summed E-state index contributed by atoms with van der Waals surface area (Å²) in [5.74, 6) is -1.44. The number of hydrogen-bond donors (Lipinski definition) is 2. The quantitative estimate of drug-likeness (QED) is 0.525. The second-order valence-electron chi connectivity index (χ2n) is 9.54. The molecule has 0 spiro atoms. The molecule has 0 unspecified atom stereocenters. The summed E-state index contributed by atoms with van der Waals surface area (Å²) in [6.07, 6.45) is 5.31. The Morgan fingerprint density at radius 2 is 2.00 bits per heavy atom. The summed E-state index contributed by atoms with van der Waals surface area (Å²) in [4.78, 5) is 29.7. The molecule has 1 aromatic rings. The maximum atomic E-state index is 13.0. The minimum absolute atomic E-state index is 0.0971. The Bertz CT molecular complexity index is 843. The molecular formula is C25H38N2O8. The van der Waals surface area contributed by atoms with Gasteiger partial charge in [0.1, 0.15) is 18.3 Å². The third kappa shape index (κ3) is 7.52. The number of hydrogen-bond acceptors (Lipinski definition) is 9. The number of pyridine rings is 1. The molecule has 2 aliphatic rings. The molecule has 0 bridgehead atoms. The van der Waals surface area contributed by atoms with Crippen molar-refractivity contribution >= 4 is 11.9 Å². The van der Waals surface area contributed by atoms with E-state index in [1.54, 1.807) is 6.92 Å². The molecule has 2 N–H and O–H groups in total. The molecule has 1 saturated carbocycles. The zero-order valence-electron chi connectivity index (χ0n) is 21.0. The van der Waals surface area contributed by atoms with Crippen LogP contribution in [0.4, 0.5) is 0 Å². The molecular weight excluding hydrogens is 456 g/mol. The monoisotopic (exact) mass is 494 g/mol. The zero-order valence-corrected chi connectivity index (χ0v) is 21.0. The Labute approximate surface area is 206 Å². The lowest BCUT2D eigenvalue weighted by molar-refractivity contribution is -0.177. The van der Waals surface area contributed by atoms with Crippen molar-refractivity contribution in [1.29, 1.82) is 0 Å². The number of amides is 1. The van der Waals surface area contributed by atoms with Gasteiger partial charge in [-0.2, -0.15) is 0 Å². The maximum Gasteiger partial charge on any atom is 0.331 e. The molecule has 1 amide bonds. The number of aromatic nitrogens is 1. The highest BCUT2D eigenvalue weighted by Gasteiger charge is 2.38. The van der Waals surface area contributed by atoms with Crippen molar-refractivity contribution in [1.82, 2.24) is 10.3 Å². The standard InChI is InChI=1S/C25H38N2O8/c1-15(2)12-33-23-16(3)34-25(30)18(13-32-14-20(23)35-17-8-6-5-7-9-17)27-24(29)21-22(28)19(31-4)10-11-26-21/h10-11,15-18,20,23,28H,5-9,12-14H2,1-4H3,(H,27,29)/t16-,18-,20-,23-/m0/s1. The fourth-order valence-corrected chi connectivity index (χ4v) is 4.31. The van der Waals surface area contributed by atoms with Crippen LogP contribution < -0.4 is 10.1 Å². The van der Waals surface area contributed by atoms with Crippen molar-refractivity contribution in [2.24, 2.45) is 5.92 Å².